The van der Waals surface area contributed by atoms with E-state index in [2.05, 4.69) is 5.32 Å². The molecule has 1 fully saturated rings. The zero-order chi connectivity index (χ0) is 18.0. The van der Waals surface area contributed by atoms with Crippen LogP contribution in [0.1, 0.15) is 20.3 Å². The molecule has 0 aromatic heterocycles. The maximum atomic E-state index is 13.6. The second kappa shape index (κ2) is 7.17. The van der Waals surface area contributed by atoms with Gasteiger partial charge in [0.25, 0.3) is 0 Å². The molecule has 2 rings (SSSR count). The second-order valence-electron chi connectivity index (χ2n) is 6.07. The molecule has 0 radical (unpaired) electrons. The molecule has 1 aromatic carbocycles. The number of hydrogen-bond donors (Lipinski definition) is 2. The lowest BCUT2D eigenvalue weighted by Crippen LogP contribution is -2.47. The number of nitrogens with one attached hydrogen (secondary N) is 1. The Bertz CT molecular complexity index is 680. The molecule has 1 aliphatic rings. The Balaban J connectivity index is 2.09. The molecule has 0 aliphatic carbocycles. The van der Waals surface area contributed by atoms with E-state index in [0.29, 0.717) is 5.69 Å². The van der Waals surface area contributed by atoms with E-state index < -0.39 is 29.7 Å². The van der Waals surface area contributed by atoms with Gasteiger partial charge in [0.05, 0.1) is 10.9 Å². The molecule has 6 nitrogen and oxygen atoms in total. The van der Waals surface area contributed by atoms with Crippen molar-refractivity contribution in [2.75, 3.05) is 11.4 Å². The Labute approximate surface area is 143 Å². The lowest BCUT2D eigenvalue weighted by Gasteiger charge is -2.20. The number of carbonyl (C=O) groups is 3. The molecule has 0 spiro atoms. The van der Waals surface area contributed by atoms with Crippen LogP contribution in [0.2, 0.25) is 5.02 Å². The van der Waals surface area contributed by atoms with Crippen molar-refractivity contribution in [3.8, 4) is 0 Å². The minimum absolute atomic E-state index is 0.0547. The monoisotopic (exact) mass is 356 g/mol. The average molecular weight is 357 g/mol. The Morgan fingerprint density at radius 2 is 2.08 bits per heavy atom. The summed E-state index contributed by atoms with van der Waals surface area (Å²) in [5, 5.41) is 11.5. The molecule has 130 valence electrons. The molecule has 2 atom stereocenters. The van der Waals surface area contributed by atoms with E-state index in [1.165, 1.54) is 17.0 Å². The largest absolute Gasteiger partial charge is 0.480 e. The van der Waals surface area contributed by atoms with Crippen LogP contribution in [0.25, 0.3) is 0 Å². The van der Waals surface area contributed by atoms with E-state index in [1.807, 2.05) is 0 Å². The van der Waals surface area contributed by atoms with E-state index in [-0.39, 0.29) is 29.8 Å². The third-order valence-electron chi connectivity index (χ3n) is 3.94. The number of aliphatic carboxylic acids is 1. The smallest absolute Gasteiger partial charge is 0.326 e. The molecule has 24 heavy (non-hydrogen) atoms. The minimum Gasteiger partial charge on any atom is -0.480 e. The Morgan fingerprint density at radius 3 is 2.62 bits per heavy atom. The van der Waals surface area contributed by atoms with Gasteiger partial charge in [-0.3, -0.25) is 9.59 Å². The summed E-state index contributed by atoms with van der Waals surface area (Å²) in [5.74, 6) is -3.57. The average Bonchev–Trinajstić information content (AvgIpc) is 2.88. The van der Waals surface area contributed by atoms with Gasteiger partial charge < -0.3 is 15.3 Å². The van der Waals surface area contributed by atoms with Crippen LogP contribution in [-0.4, -0.2) is 35.5 Å². The van der Waals surface area contributed by atoms with Crippen LogP contribution >= 0.6 is 11.6 Å². The van der Waals surface area contributed by atoms with E-state index in [4.69, 9.17) is 16.7 Å². The van der Waals surface area contributed by atoms with Crippen molar-refractivity contribution >= 4 is 35.1 Å². The van der Waals surface area contributed by atoms with Gasteiger partial charge in [-0.2, -0.15) is 0 Å². The molecule has 2 unspecified atom stereocenters. The van der Waals surface area contributed by atoms with Gasteiger partial charge in [0.15, 0.2) is 0 Å². The van der Waals surface area contributed by atoms with Gasteiger partial charge in [0, 0.05) is 18.7 Å². The van der Waals surface area contributed by atoms with Gasteiger partial charge >= 0.3 is 5.97 Å². The highest BCUT2D eigenvalue weighted by Crippen LogP contribution is 2.28. The number of nitrogens with zero attached hydrogens (tertiary/aromatic N) is 1. The quantitative estimate of drug-likeness (QED) is 0.845. The zero-order valence-corrected chi connectivity index (χ0v) is 14.0. The van der Waals surface area contributed by atoms with Crippen molar-refractivity contribution in [2.45, 2.75) is 26.3 Å². The molecule has 1 heterocycles. The van der Waals surface area contributed by atoms with Gasteiger partial charge in [-0.15, -0.1) is 0 Å². The van der Waals surface area contributed by atoms with Gasteiger partial charge in [0.2, 0.25) is 11.8 Å². The first-order chi connectivity index (χ1) is 11.2. The van der Waals surface area contributed by atoms with E-state index in [1.54, 1.807) is 13.8 Å². The molecule has 1 aromatic rings. The first-order valence-electron chi connectivity index (χ1n) is 7.49. The molecule has 8 heteroatoms. The maximum absolute atomic E-state index is 13.6. The lowest BCUT2D eigenvalue weighted by atomic mass is 10.0. The topological polar surface area (TPSA) is 86.7 Å². The minimum atomic E-state index is -1.13. The van der Waals surface area contributed by atoms with Crippen LogP contribution in [0.5, 0.6) is 0 Å². The standard InChI is InChI=1S/C16H18ClFN2O4/c1-8(2)14(16(23)24)19-15(22)9-5-13(21)20(7-9)10-3-4-11(17)12(18)6-10/h3-4,6,8-9,14H,5,7H2,1-2H3,(H,19,22)(H,23,24). The molecule has 1 aliphatic heterocycles. The summed E-state index contributed by atoms with van der Waals surface area (Å²) in [5.41, 5.74) is 0.316. The molecule has 1 saturated heterocycles. The van der Waals surface area contributed by atoms with E-state index in [9.17, 15) is 18.8 Å². The molecule has 0 saturated carbocycles. The Kier molecular flexibility index (Phi) is 5.43. The number of carboxylic acids is 1. The van der Waals surface area contributed by atoms with Crippen molar-refractivity contribution < 1.29 is 23.9 Å². The number of carbonyl (C=O) groups excluding carboxylic acids is 2. The first kappa shape index (κ1) is 18.2. The van der Waals surface area contributed by atoms with Crippen LogP contribution in [0, 0.1) is 17.7 Å². The fraction of sp³-hybridized carbons (Fsp3) is 0.438. The predicted octanol–water partition coefficient (Wildman–Crippen LogP) is 2.06. The van der Waals surface area contributed by atoms with Crippen LogP contribution in [0.3, 0.4) is 0 Å². The van der Waals surface area contributed by atoms with Crippen LogP contribution in [-0.2, 0) is 14.4 Å². The van der Waals surface area contributed by atoms with Crippen LogP contribution in [0.15, 0.2) is 18.2 Å². The summed E-state index contributed by atoms with van der Waals surface area (Å²) >= 11 is 5.62. The molecule has 2 amide bonds. The third kappa shape index (κ3) is 3.84. The van der Waals surface area contributed by atoms with Crippen LogP contribution < -0.4 is 10.2 Å². The third-order valence-corrected chi connectivity index (χ3v) is 4.25. The highest BCUT2D eigenvalue weighted by atomic mass is 35.5. The number of anilines is 1. The lowest BCUT2D eigenvalue weighted by molar-refractivity contribution is -0.143. The number of benzene rings is 1. The first-order valence-corrected chi connectivity index (χ1v) is 7.87. The van der Waals surface area contributed by atoms with Crippen LogP contribution in [0.4, 0.5) is 10.1 Å². The van der Waals surface area contributed by atoms with Crippen molar-refractivity contribution in [3.63, 3.8) is 0 Å². The van der Waals surface area contributed by atoms with Gasteiger partial charge in [-0.1, -0.05) is 25.4 Å². The normalized spacial score (nSPS) is 18.8. The van der Waals surface area contributed by atoms with Gasteiger partial charge in [-0.25, -0.2) is 9.18 Å². The number of amides is 2. The number of rotatable bonds is 5. The fourth-order valence-electron chi connectivity index (χ4n) is 2.57. The number of halogens is 2. The van der Waals surface area contributed by atoms with Crippen molar-refractivity contribution in [1.29, 1.82) is 0 Å². The Morgan fingerprint density at radius 1 is 1.42 bits per heavy atom. The predicted molar refractivity (Wildman–Crippen MR) is 86.3 cm³/mol. The molecular formula is C16H18ClFN2O4. The van der Waals surface area contributed by atoms with E-state index in [0.717, 1.165) is 6.07 Å². The number of hydrogen-bond acceptors (Lipinski definition) is 3. The summed E-state index contributed by atoms with van der Waals surface area (Å²) in [4.78, 5) is 36.8. The molecule has 2 N–H and O–H groups in total. The summed E-state index contributed by atoms with van der Waals surface area (Å²) in [6.45, 7) is 3.43. The number of carboxylic acid groups (broad SMARTS) is 1. The molecule has 0 bridgehead atoms. The fourth-order valence-corrected chi connectivity index (χ4v) is 2.69. The summed E-state index contributed by atoms with van der Waals surface area (Å²) in [6, 6.07) is 2.95. The van der Waals surface area contributed by atoms with E-state index >= 15 is 0 Å². The summed E-state index contributed by atoms with van der Waals surface area (Å²) in [7, 11) is 0. The van der Waals surface area contributed by atoms with Crippen molar-refractivity contribution in [3.05, 3.63) is 29.0 Å². The molecular weight excluding hydrogens is 339 g/mol. The highest BCUT2D eigenvalue weighted by Gasteiger charge is 2.37. The Hall–Kier alpha value is -2.15. The van der Waals surface area contributed by atoms with Crippen molar-refractivity contribution in [1.82, 2.24) is 5.32 Å². The maximum Gasteiger partial charge on any atom is 0.326 e. The highest BCUT2D eigenvalue weighted by molar-refractivity contribution is 6.30. The van der Waals surface area contributed by atoms with Crippen molar-refractivity contribution in [2.24, 2.45) is 11.8 Å². The van der Waals surface area contributed by atoms with Gasteiger partial charge in [0.1, 0.15) is 11.9 Å². The summed E-state index contributed by atoms with van der Waals surface area (Å²) < 4.78 is 13.6. The second-order valence-corrected chi connectivity index (χ2v) is 6.48. The zero-order valence-electron chi connectivity index (χ0n) is 13.3. The SMILES string of the molecule is CC(C)C(NC(=O)C1CC(=O)N(c2ccc(Cl)c(F)c2)C1)C(=O)O. The summed E-state index contributed by atoms with van der Waals surface area (Å²) in [6.07, 6.45) is -0.0550. The van der Waals surface area contributed by atoms with Gasteiger partial charge in [-0.05, 0) is 24.1 Å².